The van der Waals surface area contributed by atoms with E-state index in [2.05, 4.69) is 16.0 Å². The number of fused-ring (bicyclic) bond motifs is 1. The molecule has 3 amide bonds. The zero-order valence-corrected chi connectivity index (χ0v) is 29.0. The van der Waals surface area contributed by atoms with E-state index < -0.39 is 63.7 Å². The second-order valence-electron chi connectivity index (χ2n) is 12.2. The van der Waals surface area contributed by atoms with Crippen LogP contribution in [0.5, 0.6) is 0 Å². The normalized spacial score (nSPS) is 13.7. The SMILES string of the molecule is CNC(=O)c1c(-c2ccc(F)cc2)oc2cc(N(CC(=O)NC(C)C(=O)NCc3cccc(C(=O)C=C(O)C(=O)O)c3)S(C)(=O)=O)c(C3CC3)cc12. The molecule has 1 heterocycles. The number of carbonyl (C=O) groups is 5. The average molecular weight is 735 g/mol. The van der Waals surface area contributed by atoms with E-state index in [1.54, 1.807) is 12.1 Å². The van der Waals surface area contributed by atoms with Crippen molar-refractivity contribution >= 4 is 56.2 Å². The third-order valence-electron chi connectivity index (χ3n) is 8.31. The monoisotopic (exact) mass is 734 g/mol. The Morgan fingerprint density at radius 2 is 1.73 bits per heavy atom. The van der Waals surface area contributed by atoms with Gasteiger partial charge in [-0.05, 0) is 73.2 Å². The quantitative estimate of drug-likeness (QED) is 0.0719. The van der Waals surface area contributed by atoms with Crippen molar-refractivity contribution in [3.05, 3.63) is 101 Å². The van der Waals surface area contributed by atoms with E-state index in [9.17, 15) is 41.9 Å². The van der Waals surface area contributed by atoms with Crippen molar-refractivity contribution in [2.45, 2.75) is 38.3 Å². The summed E-state index contributed by atoms with van der Waals surface area (Å²) < 4.78 is 47.1. The molecule has 1 atom stereocenters. The predicted molar refractivity (Wildman–Crippen MR) is 188 cm³/mol. The minimum Gasteiger partial charge on any atom is -0.502 e. The van der Waals surface area contributed by atoms with E-state index in [0.717, 1.165) is 23.4 Å². The number of nitrogens with one attached hydrogen (secondary N) is 3. The van der Waals surface area contributed by atoms with Crippen LogP contribution in [0.25, 0.3) is 22.3 Å². The summed E-state index contributed by atoms with van der Waals surface area (Å²) in [5.41, 5.74) is 2.07. The lowest BCUT2D eigenvalue weighted by Gasteiger charge is -2.25. The highest BCUT2D eigenvalue weighted by Crippen LogP contribution is 2.48. The van der Waals surface area contributed by atoms with Crippen LogP contribution in [-0.4, -0.2) is 74.0 Å². The zero-order valence-electron chi connectivity index (χ0n) is 28.2. The summed E-state index contributed by atoms with van der Waals surface area (Å²) in [4.78, 5) is 62.3. The number of carbonyl (C=O) groups excluding carboxylic acids is 4. The number of ketones is 1. The molecule has 1 aliphatic rings. The fourth-order valence-electron chi connectivity index (χ4n) is 5.55. The van der Waals surface area contributed by atoms with Crippen molar-refractivity contribution in [3.8, 4) is 11.3 Å². The summed E-state index contributed by atoms with van der Waals surface area (Å²) >= 11 is 0. The van der Waals surface area contributed by atoms with Gasteiger partial charge in [-0.3, -0.25) is 23.5 Å². The van der Waals surface area contributed by atoms with Gasteiger partial charge in [-0.25, -0.2) is 17.6 Å². The largest absolute Gasteiger partial charge is 0.502 e. The molecule has 0 aliphatic heterocycles. The maximum atomic E-state index is 13.7. The number of amides is 3. The molecule has 1 aliphatic carbocycles. The molecule has 14 nitrogen and oxygen atoms in total. The lowest BCUT2D eigenvalue weighted by atomic mass is 10.0. The molecule has 3 aromatic carbocycles. The number of rotatable bonds is 14. The molecule has 0 bridgehead atoms. The maximum Gasteiger partial charge on any atom is 0.371 e. The second-order valence-corrected chi connectivity index (χ2v) is 14.2. The lowest BCUT2D eigenvalue weighted by Crippen LogP contribution is -2.48. The Hall–Kier alpha value is -6.03. The lowest BCUT2D eigenvalue weighted by molar-refractivity contribution is -0.135. The maximum absolute atomic E-state index is 13.7. The fourth-order valence-corrected chi connectivity index (χ4v) is 6.42. The van der Waals surface area contributed by atoms with Gasteiger partial charge >= 0.3 is 5.97 Å². The number of benzene rings is 3. The first kappa shape index (κ1) is 37.2. The number of halogens is 1. The molecular formula is C36H35FN4O10S. The minimum absolute atomic E-state index is 0.0502. The summed E-state index contributed by atoms with van der Waals surface area (Å²) in [7, 11) is -2.63. The van der Waals surface area contributed by atoms with Crippen molar-refractivity contribution in [2.24, 2.45) is 0 Å². The molecule has 4 aromatic rings. The molecular weight excluding hydrogens is 699 g/mol. The van der Waals surface area contributed by atoms with Crippen LogP contribution in [0.2, 0.25) is 0 Å². The van der Waals surface area contributed by atoms with Gasteiger partial charge in [-0.2, -0.15) is 0 Å². The predicted octanol–water partition coefficient (Wildman–Crippen LogP) is 3.77. The van der Waals surface area contributed by atoms with Crippen LogP contribution >= 0.6 is 0 Å². The Kier molecular flexibility index (Phi) is 10.8. The van der Waals surface area contributed by atoms with E-state index in [0.29, 0.717) is 28.2 Å². The van der Waals surface area contributed by atoms with Crippen molar-refractivity contribution in [3.63, 3.8) is 0 Å². The standard InChI is InChI=1S/C36H35FN4O10S/c1-19(34(45)39-17-20-5-4-6-23(13-20)28(42)16-29(43)36(47)48)40-31(44)18-41(52(3,49)50)27-15-30-26(14-25(27)21-7-8-21)32(35(46)38-2)33(51-30)22-9-11-24(37)12-10-22/h4-6,9-16,19,21,43H,7-8,17-18H2,1-3H3,(H,38,46)(H,39,45)(H,40,44)(H,47,48). The van der Waals surface area contributed by atoms with Gasteiger partial charge in [0.15, 0.2) is 5.78 Å². The average Bonchev–Trinajstić information content (AvgIpc) is 3.88. The Labute approximate surface area is 297 Å². The number of carboxylic acids is 1. The van der Waals surface area contributed by atoms with Gasteiger partial charge in [0.25, 0.3) is 5.91 Å². The summed E-state index contributed by atoms with van der Waals surface area (Å²) in [6.07, 6.45) is 2.99. The Morgan fingerprint density at radius 3 is 2.35 bits per heavy atom. The number of hydrogen-bond acceptors (Lipinski definition) is 9. The summed E-state index contributed by atoms with van der Waals surface area (Å²) in [5, 5.41) is 26.3. The van der Waals surface area contributed by atoms with Crippen molar-refractivity contribution in [1.29, 1.82) is 0 Å². The number of anilines is 1. The van der Waals surface area contributed by atoms with Crippen molar-refractivity contribution in [1.82, 2.24) is 16.0 Å². The molecule has 52 heavy (non-hydrogen) atoms. The first-order valence-corrected chi connectivity index (χ1v) is 17.8. The van der Waals surface area contributed by atoms with Crippen LogP contribution in [0.3, 0.4) is 0 Å². The van der Waals surface area contributed by atoms with E-state index in [1.165, 1.54) is 62.5 Å². The smallest absolute Gasteiger partial charge is 0.371 e. The highest BCUT2D eigenvalue weighted by atomic mass is 32.2. The first-order valence-electron chi connectivity index (χ1n) is 16.0. The number of aliphatic carboxylic acids is 1. The highest BCUT2D eigenvalue weighted by molar-refractivity contribution is 7.92. The topological polar surface area (TPSA) is 212 Å². The van der Waals surface area contributed by atoms with Crippen LogP contribution in [0.15, 0.2) is 76.9 Å². The van der Waals surface area contributed by atoms with Crippen LogP contribution in [0, 0.1) is 5.82 Å². The van der Waals surface area contributed by atoms with Gasteiger partial charge in [0.1, 0.15) is 29.7 Å². The third kappa shape index (κ3) is 8.46. The number of nitrogens with zero attached hydrogens (tertiary/aromatic N) is 1. The van der Waals surface area contributed by atoms with E-state index in [-0.39, 0.29) is 40.6 Å². The molecule has 5 rings (SSSR count). The number of sulfonamides is 1. The molecule has 16 heteroatoms. The van der Waals surface area contributed by atoms with E-state index in [1.807, 2.05) is 0 Å². The molecule has 0 saturated heterocycles. The number of carboxylic acid groups (broad SMARTS) is 1. The zero-order chi connectivity index (χ0) is 37.9. The number of aliphatic hydroxyl groups excluding tert-OH is 1. The molecule has 1 fully saturated rings. The molecule has 1 unspecified atom stereocenters. The van der Waals surface area contributed by atoms with Crippen LogP contribution in [-0.2, 0) is 31.0 Å². The fraction of sp³-hybridized carbons (Fsp3) is 0.250. The van der Waals surface area contributed by atoms with Gasteiger partial charge in [-0.15, -0.1) is 0 Å². The third-order valence-corrected chi connectivity index (χ3v) is 9.43. The van der Waals surface area contributed by atoms with Crippen LogP contribution in [0.4, 0.5) is 10.1 Å². The number of furan rings is 1. The van der Waals surface area contributed by atoms with E-state index >= 15 is 0 Å². The molecule has 1 saturated carbocycles. The second kappa shape index (κ2) is 15.1. The minimum atomic E-state index is -4.09. The molecule has 272 valence electrons. The van der Waals surface area contributed by atoms with Crippen LogP contribution < -0.4 is 20.3 Å². The molecule has 1 aromatic heterocycles. The summed E-state index contributed by atoms with van der Waals surface area (Å²) in [5.74, 6) is -5.80. The van der Waals surface area contributed by atoms with Gasteiger partial charge in [0.05, 0.1) is 17.5 Å². The van der Waals surface area contributed by atoms with Gasteiger partial charge in [0, 0.05) is 42.2 Å². The summed E-state index contributed by atoms with van der Waals surface area (Å²) in [6, 6.07) is 13.3. The Bertz CT molecular complexity index is 2230. The number of aliphatic hydroxyl groups is 1. The first-order chi connectivity index (χ1) is 24.6. The highest BCUT2D eigenvalue weighted by Gasteiger charge is 2.34. The van der Waals surface area contributed by atoms with E-state index in [4.69, 9.17) is 9.52 Å². The summed E-state index contributed by atoms with van der Waals surface area (Å²) in [6.45, 7) is 0.645. The Balaban J connectivity index is 1.35. The van der Waals surface area contributed by atoms with Gasteiger partial charge in [0.2, 0.25) is 27.6 Å². The molecule has 0 spiro atoms. The van der Waals surface area contributed by atoms with Crippen molar-refractivity contribution < 1.29 is 51.4 Å². The Morgan fingerprint density at radius 1 is 1.04 bits per heavy atom. The number of allylic oxidation sites excluding steroid dienone is 1. The molecule has 5 N–H and O–H groups in total. The number of hydrogen-bond donors (Lipinski definition) is 5. The van der Waals surface area contributed by atoms with Gasteiger partial charge in [-0.1, -0.05) is 18.2 Å². The van der Waals surface area contributed by atoms with Crippen LogP contribution in [0.1, 0.15) is 57.5 Å². The van der Waals surface area contributed by atoms with Crippen molar-refractivity contribution in [2.75, 3.05) is 24.2 Å². The molecule has 0 radical (unpaired) electrons. The van der Waals surface area contributed by atoms with Gasteiger partial charge < -0.3 is 30.6 Å².